The van der Waals surface area contributed by atoms with Gasteiger partial charge in [-0.2, -0.15) is 0 Å². The van der Waals surface area contributed by atoms with Crippen molar-refractivity contribution in [2.24, 2.45) is 0 Å². The number of carbonyl (C=O) groups excluding carboxylic acids is 2. The molecule has 4 rings (SSSR count). The Bertz CT molecular complexity index is 1120. The van der Waals surface area contributed by atoms with Crippen molar-refractivity contribution in [1.82, 2.24) is 14.8 Å². The van der Waals surface area contributed by atoms with Crippen LogP contribution in [0.4, 0.5) is 8.78 Å². The molecule has 1 saturated heterocycles. The van der Waals surface area contributed by atoms with E-state index in [1.807, 2.05) is 11.9 Å². The summed E-state index contributed by atoms with van der Waals surface area (Å²) in [6.07, 6.45) is 4.13. The number of amides is 1. The summed E-state index contributed by atoms with van der Waals surface area (Å²) < 4.78 is 34.2. The average molecular weight is 447 g/mol. The molecule has 2 bridgehead atoms. The molecular formula is C22H23F2N3O5. The lowest BCUT2D eigenvalue weighted by molar-refractivity contribution is -0.134. The first-order valence-electron chi connectivity index (χ1n) is 10.3. The number of benzene rings is 1. The maximum atomic E-state index is 13.8. The number of nitrogens with zero attached hydrogens (tertiary/aromatic N) is 2. The molecule has 10 heteroatoms. The molecule has 3 unspecified atom stereocenters. The Labute approximate surface area is 182 Å². The molecule has 1 amide bonds. The van der Waals surface area contributed by atoms with E-state index >= 15 is 0 Å². The number of pyridine rings is 1. The summed E-state index contributed by atoms with van der Waals surface area (Å²) >= 11 is 0. The van der Waals surface area contributed by atoms with Gasteiger partial charge in [0.2, 0.25) is 5.43 Å². The van der Waals surface area contributed by atoms with Gasteiger partial charge >= 0.3 is 0 Å². The van der Waals surface area contributed by atoms with Crippen molar-refractivity contribution < 1.29 is 28.2 Å². The van der Waals surface area contributed by atoms with Crippen molar-refractivity contribution in [3.8, 4) is 5.75 Å². The van der Waals surface area contributed by atoms with Crippen LogP contribution in [0, 0.1) is 11.6 Å². The third-order valence-corrected chi connectivity index (χ3v) is 6.20. The minimum absolute atomic E-state index is 0.0292. The van der Waals surface area contributed by atoms with Gasteiger partial charge in [-0.15, -0.1) is 0 Å². The minimum Gasteiger partial charge on any atom is -0.503 e. The number of aromatic nitrogens is 1. The number of hydrogen-bond acceptors (Lipinski definition) is 6. The summed E-state index contributed by atoms with van der Waals surface area (Å²) in [5, 5.41) is 12.7. The molecule has 2 aromatic rings. The molecule has 2 fully saturated rings. The zero-order chi connectivity index (χ0) is 23.0. The van der Waals surface area contributed by atoms with Gasteiger partial charge in [0.05, 0.1) is 12.6 Å². The Kier molecular flexibility index (Phi) is 6.07. The largest absolute Gasteiger partial charge is 0.503 e. The third-order valence-electron chi connectivity index (χ3n) is 6.20. The standard InChI is InChI=1S/C22H23F2N3O5/c1-26-14-4-5-15(7-14)32-19(26)10-27-9-16(20(29)21(30)18(27)11-28)22(31)25-8-12-2-3-13(23)6-17(12)24/h2-3,6,9,11,14-15,19,30H,4-5,7-8,10H2,1H3,(H,25,31). The van der Waals surface area contributed by atoms with E-state index in [2.05, 4.69) is 5.32 Å². The van der Waals surface area contributed by atoms with E-state index in [9.17, 15) is 28.3 Å². The molecule has 2 aliphatic rings. The Morgan fingerprint density at radius 2 is 2.12 bits per heavy atom. The van der Waals surface area contributed by atoms with Gasteiger partial charge < -0.3 is 19.7 Å². The zero-order valence-corrected chi connectivity index (χ0v) is 17.4. The summed E-state index contributed by atoms with van der Waals surface area (Å²) in [5.74, 6) is -3.30. The van der Waals surface area contributed by atoms with E-state index < -0.39 is 40.5 Å². The normalized spacial score (nSPS) is 22.7. The van der Waals surface area contributed by atoms with E-state index in [0.717, 1.165) is 25.3 Å². The van der Waals surface area contributed by atoms with Gasteiger partial charge in [0.15, 0.2) is 12.0 Å². The highest BCUT2D eigenvalue weighted by molar-refractivity contribution is 5.95. The lowest BCUT2D eigenvalue weighted by atomic mass is 10.1. The van der Waals surface area contributed by atoms with Crippen LogP contribution in [0.5, 0.6) is 5.75 Å². The van der Waals surface area contributed by atoms with Gasteiger partial charge in [-0.3, -0.25) is 19.3 Å². The maximum Gasteiger partial charge on any atom is 0.257 e. The lowest BCUT2D eigenvalue weighted by Crippen LogP contribution is -2.48. The highest BCUT2D eigenvalue weighted by atomic mass is 19.1. The van der Waals surface area contributed by atoms with Crippen LogP contribution in [0.2, 0.25) is 0 Å². The number of fused-ring (bicyclic) bond motifs is 2. The van der Waals surface area contributed by atoms with Gasteiger partial charge in [-0.1, -0.05) is 6.07 Å². The Morgan fingerprint density at radius 1 is 1.34 bits per heavy atom. The number of halogens is 2. The molecule has 1 aliphatic carbocycles. The summed E-state index contributed by atoms with van der Waals surface area (Å²) in [7, 11) is 1.91. The van der Waals surface area contributed by atoms with Crippen LogP contribution in [0.1, 0.15) is 45.7 Å². The van der Waals surface area contributed by atoms with Gasteiger partial charge in [0, 0.05) is 30.4 Å². The molecule has 0 radical (unpaired) electrons. The lowest BCUT2D eigenvalue weighted by Gasteiger charge is -2.38. The monoisotopic (exact) mass is 447 g/mol. The van der Waals surface area contributed by atoms with E-state index in [1.54, 1.807) is 0 Å². The topological polar surface area (TPSA) is 101 Å². The quantitative estimate of drug-likeness (QED) is 0.655. The predicted octanol–water partition coefficient (Wildman–Crippen LogP) is 1.78. The van der Waals surface area contributed by atoms with E-state index in [0.29, 0.717) is 18.4 Å². The fourth-order valence-electron chi connectivity index (χ4n) is 4.34. The average Bonchev–Trinajstić information content (AvgIpc) is 3.17. The number of ether oxygens (including phenoxy) is 1. The smallest absolute Gasteiger partial charge is 0.257 e. The predicted molar refractivity (Wildman–Crippen MR) is 109 cm³/mol. The fourth-order valence-corrected chi connectivity index (χ4v) is 4.34. The molecule has 2 N–H and O–H groups in total. The van der Waals surface area contributed by atoms with Gasteiger partial charge in [0.25, 0.3) is 5.91 Å². The van der Waals surface area contributed by atoms with Crippen LogP contribution in [0.15, 0.2) is 29.2 Å². The Hall–Kier alpha value is -3.11. The molecule has 3 atom stereocenters. The van der Waals surface area contributed by atoms with Crippen molar-refractivity contribution in [3.63, 3.8) is 0 Å². The van der Waals surface area contributed by atoms with Crippen molar-refractivity contribution in [3.05, 3.63) is 63.1 Å². The first-order chi connectivity index (χ1) is 15.3. The second-order valence-corrected chi connectivity index (χ2v) is 8.14. The van der Waals surface area contributed by atoms with Crippen LogP contribution >= 0.6 is 0 Å². The fraction of sp³-hybridized carbons (Fsp3) is 0.409. The molecule has 2 heterocycles. The number of likely N-dealkylation sites (N-methyl/N-ethyl adjacent to an activating group) is 1. The Balaban J connectivity index is 1.58. The molecule has 170 valence electrons. The van der Waals surface area contributed by atoms with Crippen molar-refractivity contribution in [1.29, 1.82) is 0 Å². The van der Waals surface area contributed by atoms with Crippen molar-refractivity contribution in [2.45, 2.75) is 50.7 Å². The summed E-state index contributed by atoms with van der Waals surface area (Å²) in [6.45, 7) is -0.170. The number of aromatic hydroxyl groups is 1. The van der Waals surface area contributed by atoms with Crippen LogP contribution in [-0.4, -0.2) is 52.2 Å². The van der Waals surface area contributed by atoms with Crippen LogP contribution in [0.25, 0.3) is 0 Å². The number of nitrogens with one attached hydrogen (secondary N) is 1. The summed E-state index contributed by atoms with van der Waals surface area (Å²) in [4.78, 5) is 38.7. The van der Waals surface area contributed by atoms with E-state index in [-0.39, 0.29) is 30.5 Å². The Morgan fingerprint density at radius 3 is 2.84 bits per heavy atom. The molecule has 1 saturated carbocycles. The second-order valence-electron chi connectivity index (χ2n) is 8.14. The van der Waals surface area contributed by atoms with Crippen molar-refractivity contribution >= 4 is 12.2 Å². The van der Waals surface area contributed by atoms with E-state index in [4.69, 9.17) is 4.74 Å². The van der Waals surface area contributed by atoms with Crippen LogP contribution < -0.4 is 10.7 Å². The first-order valence-corrected chi connectivity index (χ1v) is 10.3. The minimum atomic E-state index is -1.02. The molecule has 8 nitrogen and oxygen atoms in total. The van der Waals surface area contributed by atoms with Crippen LogP contribution in [0.3, 0.4) is 0 Å². The van der Waals surface area contributed by atoms with Gasteiger partial charge in [-0.25, -0.2) is 8.78 Å². The number of aldehydes is 1. The van der Waals surface area contributed by atoms with E-state index in [1.165, 1.54) is 16.8 Å². The number of rotatable bonds is 6. The molecule has 1 aliphatic heterocycles. The van der Waals surface area contributed by atoms with Crippen LogP contribution in [-0.2, 0) is 17.8 Å². The second kappa shape index (κ2) is 8.79. The third kappa shape index (κ3) is 4.15. The molecule has 1 aromatic heterocycles. The zero-order valence-electron chi connectivity index (χ0n) is 17.4. The molecular weight excluding hydrogens is 424 g/mol. The SMILES string of the molecule is CN1C2CCC(C2)OC1Cn1cc(C(=O)NCc2ccc(F)cc2F)c(=O)c(O)c1C=O. The molecule has 1 aromatic carbocycles. The maximum absolute atomic E-state index is 13.8. The van der Waals surface area contributed by atoms with Crippen molar-refractivity contribution in [2.75, 3.05) is 7.05 Å². The molecule has 32 heavy (non-hydrogen) atoms. The summed E-state index contributed by atoms with van der Waals surface area (Å²) in [6, 6.07) is 3.27. The first kappa shape index (κ1) is 22.1. The van der Waals surface area contributed by atoms with Gasteiger partial charge in [0.1, 0.15) is 29.1 Å². The van der Waals surface area contributed by atoms with Gasteiger partial charge in [-0.05, 0) is 32.4 Å². The highest BCUT2D eigenvalue weighted by Gasteiger charge is 2.39. The number of carbonyl (C=O) groups is 2. The highest BCUT2D eigenvalue weighted by Crippen LogP contribution is 2.34. The number of hydrogen-bond donors (Lipinski definition) is 2. The molecule has 0 spiro atoms. The summed E-state index contributed by atoms with van der Waals surface area (Å²) in [5.41, 5.74) is -1.65.